The van der Waals surface area contributed by atoms with Crippen LogP contribution in [0.5, 0.6) is 0 Å². The lowest BCUT2D eigenvalue weighted by Gasteiger charge is -2.20. The van der Waals surface area contributed by atoms with Crippen molar-refractivity contribution in [2.24, 2.45) is 0 Å². The van der Waals surface area contributed by atoms with Crippen LogP contribution in [0.25, 0.3) is 0 Å². The van der Waals surface area contributed by atoms with Gasteiger partial charge in [0.1, 0.15) is 0 Å². The molecule has 0 spiro atoms. The summed E-state index contributed by atoms with van der Waals surface area (Å²) in [5.41, 5.74) is 8.07. The first-order chi connectivity index (χ1) is 18.2. The average Bonchev–Trinajstić information content (AvgIpc) is 2.90. The zero-order valence-electron chi connectivity index (χ0n) is 25.9. The molecule has 2 aliphatic heterocycles. The Balaban J connectivity index is 0.000000238. The van der Waals surface area contributed by atoms with Gasteiger partial charge in [-0.2, -0.15) is 0 Å². The second-order valence-corrected chi connectivity index (χ2v) is 11.1. The van der Waals surface area contributed by atoms with Gasteiger partial charge in [-0.15, -0.1) is 0 Å². The molecule has 5 rings (SSSR count). The van der Waals surface area contributed by atoms with Crippen LogP contribution in [0.1, 0.15) is 71.9 Å². The van der Waals surface area contributed by atoms with Crippen LogP contribution in [0.15, 0.2) is 72.8 Å². The minimum absolute atomic E-state index is 1.32. The molecule has 0 bridgehead atoms. The molecule has 0 radical (unpaired) electrons. The van der Waals surface area contributed by atoms with Gasteiger partial charge in [-0.1, -0.05) is 108 Å². The Morgan fingerprint density at radius 2 is 0.737 bits per heavy atom. The number of rotatable bonds is 0. The van der Waals surface area contributed by atoms with Crippen LogP contribution < -0.4 is 0 Å². The van der Waals surface area contributed by atoms with Crippen molar-refractivity contribution in [3.63, 3.8) is 0 Å². The maximum atomic E-state index is 2.39. The van der Waals surface area contributed by atoms with Crippen LogP contribution in [-0.4, -0.2) is 50.1 Å². The topological polar surface area (TPSA) is 6.48 Å². The lowest BCUT2D eigenvalue weighted by molar-refractivity contribution is 0.277. The van der Waals surface area contributed by atoms with Crippen molar-refractivity contribution >= 4 is 0 Å². The molecule has 38 heavy (non-hydrogen) atoms. The van der Waals surface area contributed by atoms with E-state index in [4.69, 9.17) is 0 Å². The van der Waals surface area contributed by atoms with E-state index >= 15 is 0 Å². The minimum Gasteiger partial charge on any atom is -0.306 e. The van der Waals surface area contributed by atoms with Crippen molar-refractivity contribution < 1.29 is 0 Å². The van der Waals surface area contributed by atoms with Crippen molar-refractivity contribution in [1.82, 2.24) is 9.80 Å². The Kier molecular flexibility index (Phi) is 18.2. The average molecular weight is 517 g/mol. The molecule has 0 saturated carbocycles. The van der Waals surface area contributed by atoms with E-state index < -0.39 is 0 Å². The Bertz CT molecular complexity index is 889. The maximum Gasteiger partial charge on any atom is -0.00218 e. The van der Waals surface area contributed by atoms with E-state index in [1.807, 2.05) is 0 Å². The van der Waals surface area contributed by atoms with Crippen molar-refractivity contribution in [2.75, 3.05) is 40.3 Å². The first-order valence-corrected chi connectivity index (χ1v) is 14.6. The van der Waals surface area contributed by atoms with E-state index in [0.29, 0.717) is 0 Å². The highest BCUT2D eigenvalue weighted by molar-refractivity contribution is 5.23. The van der Waals surface area contributed by atoms with E-state index in [9.17, 15) is 0 Å². The SMILES string of the molecule is CN1CCCCC1.CN1CCCCC1.Cc1ccc(C)cc1.Cc1cccc(C)c1.Cc1ccccc1C. The number of hydrogen-bond acceptors (Lipinski definition) is 2. The lowest BCUT2D eigenvalue weighted by Crippen LogP contribution is -2.24. The second-order valence-electron chi connectivity index (χ2n) is 11.1. The molecule has 0 atom stereocenters. The number of benzene rings is 3. The van der Waals surface area contributed by atoms with Gasteiger partial charge >= 0.3 is 0 Å². The molecule has 3 aromatic rings. The molecule has 2 aliphatic rings. The highest BCUT2D eigenvalue weighted by atomic mass is 15.1. The summed E-state index contributed by atoms with van der Waals surface area (Å²) in [5.74, 6) is 0. The van der Waals surface area contributed by atoms with Crippen LogP contribution in [0.4, 0.5) is 0 Å². The molecule has 3 aromatic carbocycles. The summed E-state index contributed by atoms with van der Waals surface area (Å²) < 4.78 is 0. The molecule has 2 nitrogen and oxygen atoms in total. The molecule has 210 valence electrons. The molecule has 0 aliphatic carbocycles. The highest BCUT2D eigenvalue weighted by Crippen LogP contribution is 2.06. The summed E-state index contributed by atoms with van der Waals surface area (Å²) >= 11 is 0. The van der Waals surface area contributed by atoms with Crippen LogP contribution in [0.2, 0.25) is 0 Å². The standard InChI is InChI=1S/3C8H10.2C6H13N/c1-7-3-5-8(2)6-4-7;1-7-4-3-5-8(2)6-7;1-7-5-3-4-6-8(7)2;2*1-7-5-3-2-4-6-7/h3*3-6H,1-2H3;2*2-6H2,1H3. The third kappa shape index (κ3) is 17.9. The Labute approximate surface area is 236 Å². The predicted octanol–water partition coefficient (Wildman–Crippen LogP) is 9.11. The zero-order chi connectivity index (χ0) is 28.2. The molecule has 2 fully saturated rings. The van der Waals surface area contributed by atoms with Gasteiger partial charge in [-0.05, 0) is 119 Å². The van der Waals surface area contributed by atoms with Gasteiger partial charge in [0.25, 0.3) is 0 Å². The van der Waals surface area contributed by atoms with Crippen LogP contribution in [-0.2, 0) is 0 Å². The maximum absolute atomic E-state index is 2.39. The summed E-state index contributed by atoms with van der Waals surface area (Å²) in [6.45, 7) is 17.9. The highest BCUT2D eigenvalue weighted by Gasteiger charge is 2.03. The van der Waals surface area contributed by atoms with Crippen LogP contribution >= 0.6 is 0 Å². The Hall–Kier alpha value is -2.42. The molecule has 2 saturated heterocycles. The van der Waals surface area contributed by atoms with E-state index in [2.05, 4.69) is 138 Å². The monoisotopic (exact) mass is 516 g/mol. The molecule has 2 heteroatoms. The molecule has 0 amide bonds. The van der Waals surface area contributed by atoms with Gasteiger partial charge in [-0.25, -0.2) is 0 Å². The second kappa shape index (κ2) is 20.5. The molecule has 0 unspecified atom stereocenters. The van der Waals surface area contributed by atoms with Gasteiger partial charge in [0.15, 0.2) is 0 Å². The van der Waals surface area contributed by atoms with Gasteiger partial charge in [0.2, 0.25) is 0 Å². The summed E-state index contributed by atoms with van der Waals surface area (Å²) in [4.78, 5) is 4.78. The summed E-state index contributed by atoms with van der Waals surface area (Å²) in [6.07, 6.45) is 8.55. The third-order valence-corrected chi connectivity index (χ3v) is 6.98. The normalized spacial score (nSPS) is 15.2. The molecular formula is C36H56N2. The van der Waals surface area contributed by atoms with Crippen molar-refractivity contribution in [3.8, 4) is 0 Å². The van der Waals surface area contributed by atoms with Gasteiger partial charge in [-0.3, -0.25) is 0 Å². The first kappa shape index (κ1) is 33.6. The predicted molar refractivity (Wildman–Crippen MR) is 170 cm³/mol. The summed E-state index contributed by atoms with van der Waals surface area (Å²) in [6, 6.07) is 25.3. The first-order valence-electron chi connectivity index (χ1n) is 14.6. The summed E-state index contributed by atoms with van der Waals surface area (Å²) in [7, 11) is 4.39. The smallest absolute Gasteiger partial charge is 0.00218 e. The molecule has 0 aromatic heterocycles. The summed E-state index contributed by atoms with van der Waals surface area (Å²) in [5, 5.41) is 0. The molecular weight excluding hydrogens is 460 g/mol. The largest absolute Gasteiger partial charge is 0.306 e. The van der Waals surface area contributed by atoms with Crippen molar-refractivity contribution in [1.29, 1.82) is 0 Å². The van der Waals surface area contributed by atoms with Crippen molar-refractivity contribution in [2.45, 2.75) is 80.1 Å². The Morgan fingerprint density at radius 1 is 0.395 bits per heavy atom. The number of nitrogens with zero attached hydrogens (tertiary/aromatic N) is 2. The fourth-order valence-electron chi connectivity index (χ4n) is 4.21. The fourth-order valence-corrected chi connectivity index (χ4v) is 4.21. The molecule has 2 heterocycles. The number of aryl methyl sites for hydroxylation is 6. The number of likely N-dealkylation sites (tertiary alicyclic amines) is 2. The number of hydrogen-bond donors (Lipinski definition) is 0. The fraction of sp³-hybridized carbons (Fsp3) is 0.500. The van der Waals surface area contributed by atoms with Gasteiger partial charge in [0.05, 0.1) is 0 Å². The third-order valence-electron chi connectivity index (χ3n) is 6.98. The lowest BCUT2D eigenvalue weighted by atomic mass is 10.1. The zero-order valence-corrected chi connectivity index (χ0v) is 25.9. The van der Waals surface area contributed by atoms with Crippen LogP contribution in [0, 0.1) is 41.5 Å². The van der Waals surface area contributed by atoms with E-state index in [1.165, 1.54) is 98.1 Å². The van der Waals surface area contributed by atoms with Crippen LogP contribution in [0.3, 0.4) is 0 Å². The quantitative estimate of drug-likeness (QED) is 0.294. The van der Waals surface area contributed by atoms with E-state index in [0.717, 1.165) is 0 Å². The van der Waals surface area contributed by atoms with E-state index in [-0.39, 0.29) is 0 Å². The minimum atomic E-state index is 1.32. The van der Waals surface area contributed by atoms with Crippen molar-refractivity contribution in [3.05, 3.63) is 106 Å². The van der Waals surface area contributed by atoms with E-state index in [1.54, 1.807) is 0 Å². The molecule has 0 N–H and O–H groups in total. The number of piperidine rings is 2. The van der Waals surface area contributed by atoms with Gasteiger partial charge in [0, 0.05) is 0 Å². The van der Waals surface area contributed by atoms with Gasteiger partial charge < -0.3 is 9.80 Å². The Morgan fingerprint density at radius 3 is 0.947 bits per heavy atom.